The van der Waals surface area contributed by atoms with Gasteiger partial charge in [-0.2, -0.15) is 4.40 Å². The largest absolute Gasteiger partial charge is 0.477 e. The van der Waals surface area contributed by atoms with Crippen molar-refractivity contribution in [2.45, 2.75) is 17.8 Å². The number of nitrogens with two attached hydrogens (primary N) is 1. The van der Waals surface area contributed by atoms with Crippen molar-refractivity contribution >= 4 is 69.3 Å². The molecule has 1 saturated heterocycles. The van der Waals surface area contributed by atoms with E-state index in [0.29, 0.717) is 10.7 Å². The zero-order valence-electron chi connectivity index (χ0n) is 18.6. The van der Waals surface area contributed by atoms with E-state index < -0.39 is 40.1 Å². The average molecular weight is 548 g/mol. The molecule has 0 aliphatic carbocycles. The van der Waals surface area contributed by atoms with Crippen LogP contribution in [0.2, 0.25) is 0 Å². The molecule has 3 aliphatic heterocycles. The Morgan fingerprint density at radius 2 is 2.33 bits per heavy atom. The number of nitrogens with zero attached hydrogens (tertiary/aromatic N) is 5. The van der Waals surface area contributed by atoms with Crippen molar-refractivity contribution in [3.63, 3.8) is 0 Å². The van der Waals surface area contributed by atoms with Crippen LogP contribution in [0.25, 0.3) is 6.08 Å². The van der Waals surface area contributed by atoms with Gasteiger partial charge in [0.25, 0.3) is 5.91 Å². The van der Waals surface area contributed by atoms with Gasteiger partial charge in [0, 0.05) is 23.1 Å². The SMILES string of the molecule is C=CCO/N=S1\N=C(CC(=O)NC2C(=O)N3C(C(=O)O)=C(S/C=C\c4cccnc4)CSC23)N=C1N. The van der Waals surface area contributed by atoms with E-state index in [1.54, 1.807) is 23.9 Å². The predicted molar refractivity (Wildman–Crippen MR) is 140 cm³/mol. The van der Waals surface area contributed by atoms with Crippen LogP contribution in [-0.2, 0) is 30.1 Å². The number of aliphatic carboxylic acids is 1. The molecule has 15 heteroatoms. The first kappa shape index (κ1) is 25.8. The molecule has 4 heterocycles. The first-order valence-electron chi connectivity index (χ1n) is 10.4. The second-order valence-electron chi connectivity index (χ2n) is 7.30. The number of aliphatic imine (C=N–C) groups is 1. The summed E-state index contributed by atoms with van der Waals surface area (Å²) in [4.78, 5) is 52.2. The molecule has 36 heavy (non-hydrogen) atoms. The zero-order valence-corrected chi connectivity index (χ0v) is 21.1. The van der Waals surface area contributed by atoms with Crippen LogP contribution >= 0.6 is 23.5 Å². The van der Waals surface area contributed by atoms with E-state index in [-0.39, 0.29) is 29.7 Å². The van der Waals surface area contributed by atoms with E-state index in [1.807, 2.05) is 12.1 Å². The molecule has 0 saturated carbocycles. The smallest absolute Gasteiger partial charge is 0.353 e. The van der Waals surface area contributed by atoms with Crippen LogP contribution in [0.1, 0.15) is 12.0 Å². The van der Waals surface area contributed by atoms with Gasteiger partial charge in [0.2, 0.25) is 5.91 Å². The van der Waals surface area contributed by atoms with Crippen LogP contribution in [0.5, 0.6) is 0 Å². The predicted octanol–water partition coefficient (Wildman–Crippen LogP) is 1.43. The lowest BCUT2D eigenvalue weighted by Crippen LogP contribution is -2.70. The number of carbonyl (C=O) groups is 3. The Labute approximate surface area is 217 Å². The van der Waals surface area contributed by atoms with Crippen LogP contribution in [-0.4, -0.2) is 67.6 Å². The average Bonchev–Trinajstić information content (AvgIpc) is 3.21. The lowest BCUT2D eigenvalue weighted by molar-refractivity contribution is -0.150. The van der Waals surface area contributed by atoms with Gasteiger partial charge in [0.1, 0.15) is 28.0 Å². The van der Waals surface area contributed by atoms with Crippen molar-refractivity contribution in [2.75, 3.05) is 12.4 Å². The summed E-state index contributed by atoms with van der Waals surface area (Å²) < 4.78 is 7.98. The first-order valence-corrected chi connectivity index (χ1v) is 13.5. The van der Waals surface area contributed by atoms with Crippen LogP contribution in [0.15, 0.2) is 67.1 Å². The summed E-state index contributed by atoms with van der Waals surface area (Å²) in [6, 6.07) is 2.82. The van der Waals surface area contributed by atoms with Gasteiger partial charge in [-0.25, -0.2) is 14.6 Å². The molecule has 0 radical (unpaired) electrons. The molecular weight excluding hydrogens is 526 g/mol. The number of thioether (sulfide) groups is 2. The van der Waals surface area contributed by atoms with Crippen LogP contribution < -0.4 is 11.1 Å². The molecule has 3 aliphatic rings. The Kier molecular flexibility index (Phi) is 8.35. The molecule has 0 spiro atoms. The minimum Gasteiger partial charge on any atom is -0.477 e. The number of aromatic nitrogens is 1. The number of pyridine rings is 1. The van der Waals surface area contributed by atoms with Crippen molar-refractivity contribution in [3.8, 4) is 0 Å². The molecule has 4 rings (SSSR count). The number of rotatable bonds is 10. The van der Waals surface area contributed by atoms with Crippen LogP contribution in [0.3, 0.4) is 0 Å². The summed E-state index contributed by atoms with van der Waals surface area (Å²) >= 11 is 2.62. The lowest BCUT2D eigenvalue weighted by atomic mass is 10.0. The minimum atomic E-state index is -1.20. The highest BCUT2D eigenvalue weighted by atomic mass is 32.2. The molecular formula is C21H21N7O5S3. The highest BCUT2D eigenvalue weighted by Gasteiger charge is 2.54. The maximum Gasteiger partial charge on any atom is 0.353 e. The second kappa shape index (κ2) is 11.6. The molecule has 4 N–H and O–H groups in total. The fraction of sp³-hybridized carbons (Fsp3) is 0.238. The van der Waals surface area contributed by atoms with Gasteiger partial charge in [0.15, 0.2) is 11.0 Å². The maximum absolute atomic E-state index is 12.8. The molecule has 0 aromatic carbocycles. The molecule has 2 amide bonds. The summed E-state index contributed by atoms with van der Waals surface area (Å²) in [6.45, 7) is 3.70. The van der Waals surface area contributed by atoms with Crippen molar-refractivity contribution in [1.29, 1.82) is 0 Å². The van der Waals surface area contributed by atoms with E-state index in [1.165, 1.54) is 34.5 Å². The van der Waals surface area contributed by atoms with Crippen LogP contribution in [0, 0.1) is 0 Å². The van der Waals surface area contributed by atoms with E-state index >= 15 is 0 Å². The molecule has 3 atom stereocenters. The molecule has 0 bridgehead atoms. The number of carboxylic acid groups (broad SMARTS) is 1. The number of hydrogen-bond donors (Lipinski definition) is 3. The Bertz CT molecular complexity index is 1250. The number of carbonyl (C=O) groups excluding carboxylic acids is 2. The lowest BCUT2D eigenvalue weighted by Gasteiger charge is -2.49. The third-order valence-corrected chi connectivity index (χ3v) is 8.31. The summed E-state index contributed by atoms with van der Waals surface area (Å²) in [5, 5.41) is 13.8. The van der Waals surface area contributed by atoms with Gasteiger partial charge in [-0.05, 0) is 23.1 Å². The van der Waals surface area contributed by atoms with Gasteiger partial charge in [-0.3, -0.25) is 19.5 Å². The van der Waals surface area contributed by atoms with E-state index in [9.17, 15) is 19.5 Å². The first-order chi connectivity index (χ1) is 17.4. The number of amidine groups is 2. The Morgan fingerprint density at radius 3 is 3.06 bits per heavy atom. The number of β-lactam (4-membered cyclic amide) rings is 1. The Hall–Kier alpha value is -3.27. The molecule has 1 fully saturated rings. The number of nitrogens with one attached hydrogen (secondary N) is 1. The fourth-order valence-corrected chi connectivity index (χ4v) is 6.53. The normalized spacial score (nSPS) is 23.3. The van der Waals surface area contributed by atoms with Crippen molar-refractivity contribution in [2.24, 2.45) is 19.6 Å². The molecule has 1 aromatic rings. The summed E-state index contributed by atoms with van der Waals surface area (Å²) in [6.07, 6.45) is 6.47. The van der Waals surface area contributed by atoms with E-state index in [2.05, 4.69) is 30.8 Å². The van der Waals surface area contributed by atoms with Gasteiger partial charge in [-0.1, -0.05) is 28.4 Å². The molecule has 3 unspecified atom stereocenters. The van der Waals surface area contributed by atoms with Crippen molar-refractivity contribution < 1.29 is 24.3 Å². The topological polar surface area (TPSA) is 172 Å². The molecule has 1 aromatic heterocycles. The quantitative estimate of drug-likeness (QED) is 0.170. The highest BCUT2D eigenvalue weighted by Crippen LogP contribution is 2.43. The number of carboxylic acids is 1. The van der Waals surface area contributed by atoms with E-state index in [4.69, 9.17) is 10.6 Å². The Morgan fingerprint density at radius 1 is 1.50 bits per heavy atom. The minimum absolute atomic E-state index is 0.0715. The van der Waals surface area contributed by atoms with Gasteiger partial charge < -0.3 is 16.2 Å². The standard InChI is InChI=1S/C21H21N7O5S3/c1-2-7-33-27-36-21(22)24-14(26-36)9-15(29)25-16-18(30)28-17(20(31)32)13(11-35-19(16)28)34-8-5-12-4-3-6-23-10-12/h2-6,8,10,16,19H,1,7,9,11H2,(H,25,29)(H,31,32)(H2,22,24,26)/b8-5-. The van der Waals surface area contributed by atoms with Crippen molar-refractivity contribution in [1.82, 2.24) is 15.2 Å². The van der Waals surface area contributed by atoms with Gasteiger partial charge in [-0.15, -0.1) is 18.3 Å². The summed E-state index contributed by atoms with van der Waals surface area (Å²) in [7, 11) is -1.13. The monoisotopic (exact) mass is 547 g/mol. The maximum atomic E-state index is 12.8. The van der Waals surface area contributed by atoms with Crippen LogP contribution in [0.4, 0.5) is 0 Å². The second-order valence-corrected chi connectivity index (χ2v) is 10.7. The third kappa shape index (κ3) is 5.75. The zero-order chi connectivity index (χ0) is 25.7. The van der Waals surface area contributed by atoms with Crippen molar-refractivity contribution in [3.05, 3.63) is 58.8 Å². The molecule has 12 nitrogen and oxygen atoms in total. The highest BCUT2D eigenvalue weighted by molar-refractivity contribution is 8.08. The number of hydrogen-bond acceptors (Lipinski definition) is 10. The Balaban J connectivity index is 1.38. The fourth-order valence-electron chi connectivity index (χ4n) is 3.31. The van der Waals surface area contributed by atoms with Gasteiger partial charge in [0.05, 0.1) is 13.0 Å². The molecule has 188 valence electrons. The third-order valence-electron chi connectivity index (χ3n) is 4.86. The summed E-state index contributed by atoms with van der Waals surface area (Å²) in [5.41, 5.74) is 6.58. The number of amides is 2. The van der Waals surface area contributed by atoms with Gasteiger partial charge >= 0.3 is 5.97 Å². The number of fused-ring (bicyclic) bond motifs is 1. The van der Waals surface area contributed by atoms with E-state index in [0.717, 1.165) is 5.56 Å². The summed E-state index contributed by atoms with van der Waals surface area (Å²) in [5.74, 6) is -1.62.